The minimum absolute atomic E-state index is 0.0266. The molecule has 0 aromatic carbocycles. The van der Waals surface area contributed by atoms with Crippen LogP contribution >= 0.6 is 15.9 Å². The zero-order valence-corrected chi connectivity index (χ0v) is 11.7. The normalized spacial score (nSPS) is 17.1. The van der Waals surface area contributed by atoms with Crippen molar-refractivity contribution in [3.63, 3.8) is 0 Å². The van der Waals surface area contributed by atoms with E-state index in [-0.39, 0.29) is 5.91 Å². The number of carbonyl (C=O) groups excluding carboxylic acids is 1. The van der Waals surface area contributed by atoms with Gasteiger partial charge in [0.25, 0.3) is 5.91 Å². The molecule has 4 heteroatoms. The van der Waals surface area contributed by atoms with Crippen LogP contribution in [-0.2, 0) is 0 Å². The molecular weight excluding hydrogens is 282 g/mol. The number of furan rings is 1. The Balaban J connectivity index is 1.90. The summed E-state index contributed by atoms with van der Waals surface area (Å²) in [6, 6.07) is 3.46. The van der Waals surface area contributed by atoms with E-state index in [1.807, 2.05) is 7.05 Å². The summed E-state index contributed by atoms with van der Waals surface area (Å²) in [5.74, 6) is 1.05. The molecule has 1 amide bonds. The van der Waals surface area contributed by atoms with Crippen molar-refractivity contribution in [2.45, 2.75) is 32.1 Å². The second-order valence-electron chi connectivity index (χ2n) is 4.79. The van der Waals surface area contributed by atoms with Gasteiger partial charge in [-0.15, -0.1) is 0 Å². The van der Waals surface area contributed by atoms with Crippen molar-refractivity contribution in [1.29, 1.82) is 0 Å². The standard InChI is InChI=1S/C13H18BrNO2/c1-15(9-10-5-3-2-4-6-10)13(16)11-7-8-12(14)17-11/h7-8,10H,2-6,9H2,1H3. The molecule has 3 nitrogen and oxygen atoms in total. The largest absolute Gasteiger partial charge is 0.444 e. The van der Waals surface area contributed by atoms with E-state index in [2.05, 4.69) is 15.9 Å². The van der Waals surface area contributed by atoms with Gasteiger partial charge in [-0.25, -0.2) is 0 Å². The van der Waals surface area contributed by atoms with Crippen molar-refractivity contribution in [3.05, 3.63) is 22.6 Å². The molecule has 0 spiro atoms. The average Bonchev–Trinajstić information content (AvgIpc) is 2.76. The first-order chi connectivity index (χ1) is 8.16. The first-order valence-electron chi connectivity index (χ1n) is 6.17. The maximum absolute atomic E-state index is 12.0. The Morgan fingerprint density at radius 2 is 2.12 bits per heavy atom. The quantitative estimate of drug-likeness (QED) is 0.853. The highest BCUT2D eigenvalue weighted by atomic mass is 79.9. The lowest BCUT2D eigenvalue weighted by atomic mass is 9.89. The molecule has 0 N–H and O–H groups in total. The lowest BCUT2D eigenvalue weighted by Gasteiger charge is -2.26. The molecule has 17 heavy (non-hydrogen) atoms. The van der Waals surface area contributed by atoms with Crippen molar-refractivity contribution >= 4 is 21.8 Å². The predicted molar refractivity (Wildman–Crippen MR) is 69.9 cm³/mol. The molecule has 1 aliphatic rings. The van der Waals surface area contributed by atoms with Crippen LogP contribution in [0.25, 0.3) is 0 Å². The Bertz CT molecular complexity index is 383. The molecule has 1 saturated carbocycles. The molecule has 0 unspecified atom stereocenters. The molecule has 0 radical (unpaired) electrons. The SMILES string of the molecule is CN(CC1CCCCC1)C(=O)c1ccc(Br)o1. The van der Waals surface area contributed by atoms with Crippen LogP contribution in [0.1, 0.15) is 42.7 Å². The first kappa shape index (κ1) is 12.7. The third-order valence-electron chi connectivity index (χ3n) is 3.39. The lowest BCUT2D eigenvalue weighted by molar-refractivity contribution is 0.0727. The maximum Gasteiger partial charge on any atom is 0.289 e. The molecule has 94 valence electrons. The minimum atomic E-state index is -0.0266. The predicted octanol–water partition coefficient (Wildman–Crippen LogP) is 3.69. The second-order valence-corrected chi connectivity index (χ2v) is 5.58. The fraction of sp³-hybridized carbons (Fsp3) is 0.615. The minimum Gasteiger partial charge on any atom is -0.444 e. The van der Waals surface area contributed by atoms with E-state index in [9.17, 15) is 4.79 Å². The molecule has 0 bridgehead atoms. The number of nitrogens with zero attached hydrogens (tertiary/aromatic N) is 1. The van der Waals surface area contributed by atoms with Crippen LogP contribution in [0.2, 0.25) is 0 Å². The van der Waals surface area contributed by atoms with Gasteiger partial charge in [0.1, 0.15) is 0 Å². The summed E-state index contributed by atoms with van der Waals surface area (Å²) in [5, 5.41) is 0. The van der Waals surface area contributed by atoms with Gasteiger partial charge in [-0.3, -0.25) is 4.79 Å². The zero-order chi connectivity index (χ0) is 12.3. The third kappa shape index (κ3) is 3.35. The van der Waals surface area contributed by atoms with Gasteiger partial charge in [-0.1, -0.05) is 19.3 Å². The summed E-state index contributed by atoms with van der Waals surface area (Å²) in [6.45, 7) is 0.844. The molecule has 1 fully saturated rings. The van der Waals surface area contributed by atoms with Gasteiger partial charge >= 0.3 is 0 Å². The Hall–Kier alpha value is -0.770. The Morgan fingerprint density at radius 3 is 2.71 bits per heavy atom. The lowest BCUT2D eigenvalue weighted by Crippen LogP contribution is -2.32. The number of carbonyl (C=O) groups is 1. The number of hydrogen-bond acceptors (Lipinski definition) is 2. The van der Waals surface area contributed by atoms with Gasteiger partial charge in [-0.2, -0.15) is 0 Å². The number of amides is 1. The molecule has 2 rings (SSSR count). The van der Waals surface area contributed by atoms with Gasteiger partial charge in [-0.05, 0) is 46.8 Å². The van der Waals surface area contributed by atoms with E-state index in [0.29, 0.717) is 16.3 Å². The van der Waals surface area contributed by atoms with Crippen molar-refractivity contribution in [1.82, 2.24) is 4.90 Å². The summed E-state index contributed by atoms with van der Waals surface area (Å²) >= 11 is 3.21. The Kier molecular flexibility index (Phi) is 4.26. The molecule has 0 atom stereocenters. The molecular formula is C13H18BrNO2. The van der Waals surface area contributed by atoms with E-state index in [1.54, 1.807) is 17.0 Å². The van der Waals surface area contributed by atoms with Gasteiger partial charge in [0.05, 0.1) is 0 Å². The van der Waals surface area contributed by atoms with Crippen LogP contribution in [0.5, 0.6) is 0 Å². The van der Waals surface area contributed by atoms with Crippen LogP contribution in [-0.4, -0.2) is 24.4 Å². The van der Waals surface area contributed by atoms with Crippen molar-refractivity contribution < 1.29 is 9.21 Å². The van der Waals surface area contributed by atoms with Gasteiger partial charge in [0.2, 0.25) is 0 Å². The van der Waals surface area contributed by atoms with Crippen molar-refractivity contribution in [2.75, 3.05) is 13.6 Å². The smallest absolute Gasteiger partial charge is 0.289 e. The fourth-order valence-corrected chi connectivity index (χ4v) is 2.76. The second kappa shape index (κ2) is 5.71. The average molecular weight is 300 g/mol. The number of rotatable bonds is 3. The highest BCUT2D eigenvalue weighted by Gasteiger charge is 2.20. The first-order valence-corrected chi connectivity index (χ1v) is 6.97. The monoisotopic (exact) mass is 299 g/mol. The molecule has 1 aromatic heterocycles. The summed E-state index contributed by atoms with van der Waals surface area (Å²) < 4.78 is 5.88. The van der Waals surface area contributed by atoms with Crippen LogP contribution in [0.4, 0.5) is 0 Å². The summed E-state index contributed by atoms with van der Waals surface area (Å²) in [4.78, 5) is 13.8. The van der Waals surface area contributed by atoms with Crippen LogP contribution in [0.3, 0.4) is 0 Å². The van der Waals surface area contributed by atoms with E-state index >= 15 is 0 Å². The van der Waals surface area contributed by atoms with E-state index in [0.717, 1.165) is 6.54 Å². The van der Waals surface area contributed by atoms with Crippen molar-refractivity contribution in [2.24, 2.45) is 5.92 Å². The number of halogens is 1. The maximum atomic E-state index is 12.0. The third-order valence-corrected chi connectivity index (χ3v) is 3.81. The Labute approximate surface area is 110 Å². The van der Waals surface area contributed by atoms with Crippen LogP contribution in [0, 0.1) is 5.92 Å². The summed E-state index contributed by atoms with van der Waals surface area (Å²) in [6.07, 6.45) is 6.45. The van der Waals surface area contributed by atoms with Gasteiger partial charge < -0.3 is 9.32 Å². The van der Waals surface area contributed by atoms with E-state index in [4.69, 9.17) is 4.42 Å². The zero-order valence-electron chi connectivity index (χ0n) is 10.1. The van der Waals surface area contributed by atoms with E-state index in [1.165, 1.54) is 32.1 Å². The summed E-state index contributed by atoms with van der Waals surface area (Å²) in [7, 11) is 1.85. The summed E-state index contributed by atoms with van der Waals surface area (Å²) in [5.41, 5.74) is 0. The fourth-order valence-electron chi connectivity index (χ4n) is 2.46. The number of hydrogen-bond donors (Lipinski definition) is 0. The highest BCUT2D eigenvalue weighted by molar-refractivity contribution is 9.10. The van der Waals surface area contributed by atoms with Crippen LogP contribution < -0.4 is 0 Å². The Morgan fingerprint density at radius 1 is 1.41 bits per heavy atom. The molecule has 0 saturated heterocycles. The van der Waals surface area contributed by atoms with E-state index < -0.39 is 0 Å². The topological polar surface area (TPSA) is 33.5 Å². The van der Waals surface area contributed by atoms with Gasteiger partial charge in [0, 0.05) is 13.6 Å². The van der Waals surface area contributed by atoms with Crippen molar-refractivity contribution in [3.8, 4) is 0 Å². The molecule has 1 heterocycles. The molecule has 0 aliphatic heterocycles. The molecule has 1 aliphatic carbocycles. The van der Waals surface area contributed by atoms with Gasteiger partial charge in [0.15, 0.2) is 10.4 Å². The van der Waals surface area contributed by atoms with Crippen LogP contribution in [0.15, 0.2) is 21.2 Å². The molecule has 1 aromatic rings. The highest BCUT2D eigenvalue weighted by Crippen LogP contribution is 2.24.